The molecule has 4 rings (SSSR count). The highest BCUT2D eigenvalue weighted by Gasteiger charge is 2.39. The Morgan fingerprint density at radius 1 is 0.915 bits per heavy atom. The van der Waals surface area contributed by atoms with E-state index < -0.39 is 41.0 Å². The Labute approximate surface area is 271 Å². The van der Waals surface area contributed by atoms with Crippen LogP contribution in [0.3, 0.4) is 0 Å². The molecule has 2 fully saturated rings. The third-order valence-electron chi connectivity index (χ3n) is 8.64. The molecule has 2 unspecified atom stereocenters. The molecule has 0 spiro atoms. The van der Waals surface area contributed by atoms with Gasteiger partial charge < -0.3 is 23.8 Å². The molecule has 0 aliphatic carbocycles. The van der Waals surface area contributed by atoms with Crippen LogP contribution >= 0.6 is 0 Å². The first-order chi connectivity index (χ1) is 22.2. The molecular weight excluding hydrogens is 632 g/mol. The zero-order valence-electron chi connectivity index (χ0n) is 27.1. The van der Waals surface area contributed by atoms with Crippen LogP contribution in [0.1, 0.15) is 46.5 Å². The smallest absolute Gasteiger partial charge is 0.416 e. The van der Waals surface area contributed by atoms with Gasteiger partial charge in [0.05, 0.1) is 37.6 Å². The largest absolute Gasteiger partial charge is 0.467 e. The number of nitrogens with zero attached hydrogens (tertiary/aromatic N) is 3. The van der Waals surface area contributed by atoms with Gasteiger partial charge in [-0.25, -0.2) is 0 Å². The van der Waals surface area contributed by atoms with E-state index in [1.54, 1.807) is 7.11 Å². The molecule has 47 heavy (non-hydrogen) atoms. The predicted octanol–water partition coefficient (Wildman–Crippen LogP) is 5.51. The molecule has 2 aromatic rings. The fourth-order valence-electron chi connectivity index (χ4n) is 6.05. The van der Waals surface area contributed by atoms with Crippen LogP contribution in [-0.4, -0.2) is 112 Å². The van der Waals surface area contributed by atoms with Gasteiger partial charge in [-0.15, -0.1) is 0 Å². The van der Waals surface area contributed by atoms with Gasteiger partial charge in [0.25, 0.3) is 5.91 Å². The van der Waals surface area contributed by atoms with Gasteiger partial charge in [-0.2, -0.15) is 26.3 Å². The molecule has 2 aliphatic heterocycles. The van der Waals surface area contributed by atoms with Crippen molar-refractivity contribution in [3.05, 3.63) is 64.2 Å². The molecule has 0 bridgehead atoms. The Balaban J connectivity index is 1.59. The lowest BCUT2D eigenvalue weighted by Crippen LogP contribution is -2.58. The van der Waals surface area contributed by atoms with E-state index in [9.17, 15) is 31.1 Å². The summed E-state index contributed by atoms with van der Waals surface area (Å²) >= 11 is 0. The van der Waals surface area contributed by atoms with Crippen molar-refractivity contribution in [2.75, 3.05) is 73.1 Å². The molecule has 2 heterocycles. The lowest BCUT2D eigenvalue weighted by atomic mass is 9.98. The first kappa shape index (κ1) is 36.9. The van der Waals surface area contributed by atoms with Crippen LogP contribution in [0.25, 0.3) is 0 Å². The lowest BCUT2D eigenvalue weighted by Gasteiger charge is -2.44. The summed E-state index contributed by atoms with van der Waals surface area (Å²) < 4.78 is 104. The number of amides is 1. The summed E-state index contributed by atoms with van der Waals surface area (Å²) in [6.45, 7) is 10.4. The summed E-state index contributed by atoms with van der Waals surface area (Å²) in [6.07, 6.45) is -9.82. The number of benzene rings is 2. The fourth-order valence-corrected chi connectivity index (χ4v) is 6.05. The Bertz CT molecular complexity index is 1300. The molecule has 262 valence electrons. The van der Waals surface area contributed by atoms with Crippen molar-refractivity contribution in [2.45, 2.75) is 57.7 Å². The van der Waals surface area contributed by atoms with Crippen molar-refractivity contribution in [1.82, 2.24) is 14.7 Å². The van der Waals surface area contributed by atoms with Crippen molar-refractivity contribution in [1.29, 1.82) is 0 Å². The quantitative estimate of drug-likeness (QED) is 0.167. The van der Waals surface area contributed by atoms with Crippen LogP contribution in [0, 0.1) is 6.92 Å². The van der Waals surface area contributed by atoms with Gasteiger partial charge in [-0.1, -0.05) is 12.1 Å². The Morgan fingerprint density at radius 3 is 2.19 bits per heavy atom. The number of rotatable bonds is 12. The van der Waals surface area contributed by atoms with Crippen molar-refractivity contribution in [3.63, 3.8) is 0 Å². The van der Waals surface area contributed by atoms with Crippen LogP contribution in [-0.2, 0) is 33.0 Å². The van der Waals surface area contributed by atoms with E-state index in [2.05, 4.69) is 23.6 Å². The summed E-state index contributed by atoms with van der Waals surface area (Å²) in [4.78, 5) is 19.8. The normalized spacial score (nSPS) is 21.7. The zero-order valence-corrected chi connectivity index (χ0v) is 27.1. The van der Waals surface area contributed by atoms with Crippen molar-refractivity contribution in [2.24, 2.45) is 0 Å². The van der Waals surface area contributed by atoms with Crippen molar-refractivity contribution >= 4 is 5.91 Å². The van der Waals surface area contributed by atoms with Crippen LogP contribution in [0.15, 0.2) is 36.4 Å². The average molecular weight is 676 g/mol. The first-order valence-electron chi connectivity index (χ1n) is 15.6. The Kier molecular flexibility index (Phi) is 12.6. The van der Waals surface area contributed by atoms with E-state index in [4.69, 9.17) is 18.9 Å². The van der Waals surface area contributed by atoms with Gasteiger partial charge in [0.2, 0.25) is 0 Å². The maximum absolute atomic E-state index is 13.8. The van der Waals surface area contributed by atoms with Crippen LogP contribution in [0.4, 0.5) is 26.3 Å². The molecule has 0 radical (unpaired) electrons. The summed E-state index contributed by atoms with van der Waals surface area (Å²) in [5.74, 6) is -0.315. The summed E-state index contributed by atoms with van der Waals surface area (Å²) in [5.41, 5.74) is -2.05. The maximum Gasteiger partial charge on any atom is 0.416 e. The first-order valence-corrected chi connectivity index (χ1v) is 15.6. The monoisotopic (exact) mass is 675 g/mol. The minimum absolute atomic E-state index is 0.00899. The van der Waals surface area contributed by atoms with Crippen molar-refractivity contribution in [3.8, 4) is 5.75 Å². The predicted molar refractivity (Wildman–Crippen MR) is 162 cm³/mol. The molecule has 2 aromatic carbocycles. The number of alkyl halides is 6. The molecule has 3 atom stereocenters. The van der Waals surface area contributed by atoms with Gasteiger partial charge in [-0.05, 0) is 62.6 Å². The molecule has 2 aliphatic rings. The number of ether oxygens (including phenoxy) is 4. The fraction of sp³-hybridized carbons (Fsp3) is 0.606. The molecule has 0 aromatic heterocycles. The van der Waals surface area contributed by atoms with Gasteiger partial charge in [0.1, 0.15) is 5.75 Å². The SMILES string of the molecule is COCCOCOc1cc(C[C@@H]2CN(CCN3C(C)COCC3C)CCN2C(=O)c2cc(C(F)(F)F)cc(C(F)(F)F)c2)ccc1C. The summed E-state index contributed by atoms with van der Waals surface area (Å²) in [7, 11) is 1.56. The summed E-state index contributed by atoms with van der Waals surface area (Å²) in [5, 5.41) is 0. The minimum atomic E-state index is -5.06. The average Bonchev–Trinajstić information content (AvgIpc) is 3.01. The lowest BCUT2D eigenvalue weighted by molar-refractivity contribution is -0.143. The molecule has 2 saturated heterocycles. The highest BCUT2D eigenvalue weighted by molar-refractivity contribution is 5.95. The molecule has 0 N–H and O–H groups in total. The molecule has 14 heteroatoms. The second-order valence-electron chi connectivity index (χ2n) is 12.2. The zero-order chi connectivity index (χ0) is 34.4. The van der Waals surface area contributed by atoms with Gasteiger partial charge in [-0.3, -0.25) is 14.6 Å². The van der Waals surface area contributed by atoms with Crippen LogP contribution < -0.4 is 4.74 Å². The topological polar surface area (TPSA) is 63.7 Å². The van der Waals surface area contributed by atoms with Gasteiger partial charge in [0, 0.05) is 63.5 Å². The maximum atomic E-state index is 13.8. The molecule has 0 saturated carbocycles. The van der Waals surface area contributed by atoms with Crippen molar-refractivity contribution < 1.29 is 50.1 Å². The highest BCUT2D eigenvalue weighted by atomic mass is 19.4. The number of carbonyl (C=O) groups excluding carboxylic acids is 1. The van der Waals surface area contributed by atoms with Gasteiger partial charge >= 0.3 is 12.4 Å². The number of halogens is 6. The van der Waals surface area contributed by atoms with Crippen LogP contribution in [0.5, 0.6) is 5.75 Å². The number of carbonyl (C=O) groups is 1. The van der Waals surface area contributed by atoms with E-state index in [0.717, 1.165) is 17.7 Å². The number of morpholine rings is 1. The number of aryl methyl sites for hydroxylation is 1. The number of piperazine rings is 1. The minimum Gasteiger partial charge on any atom is -0.467 e. The van der Waals surface area contributed by atoms with E-state index >= 15 is 0 Å². The standard InChI is InChI=1S/C33H43F6N3O5/c1-22-5-6-25(14-30(22)47-21-45-12-11-44-4)13-29-18-40(7-9-41-23(2)19-46-20-24(41)3)8-10-42(29)31(43)26-15-27(32(34,35)36)17-28(16-26)33(37,38)39/h5-6,14-17,23-24,29H,7-13,18-21H2,1-4H3/t23?,24?,29-/m1/s1. The Morgan fingerprint density at radius 2 is 1.57 bits per heavy atom. The number of methoxy groups -OCH3 is 1. The number of hydrogen-bond donors (Lipinski definition) is 0. The van der Waals surface area contributed by atoms with E-state index in [1.165, 1.54) is 4.90 Å². The summed E-state index contributed by atoms with van der Waals surface area (Å²) in [6, 6.07) is 6.51. The number of hydrogen-bond acceptors (Lipinski definition) is 7. The second kappa shape index (κ2) is 16.0. The highest BCUT2D eigenvalue weighted by Crippen LogP contribution is 2.37. The molecule has 1 amide bonds. The van der Waals surface area contributed by atoms with E-state index in [0.29, 0.717) is 70.4 Å². The van der Waals surface area contributed by atoms with E-state index in [-0.39, 0.29) is 31.5 Å². The van der Waals surface area contributed by atoms with E-state index in [1.807, 2.05) is 25.1 Å². The molecule has 8 nitrogen and oxygen atoms in total. The molecular formula is C33H43F6N3O5. The third kappa shape index (κ3) is 10.0. The van der Waals surface area contributed by atoms with Gasteiger partial charge in [0.15, 0.2) is 6.79 Å². The Hall–Kier alpha value is -2.91. The second-order valence-corrected chi connectivity index (χ2v) is 12.2. The van der Waals surface area contributed by atoms with Crippen LogP contribution in [0.2, 0.25) is 0 Å². The third-order valence-corrected chi connectivity index (χ3v) is 8.64.